The highest BCUT2D eigenvalue weighted by Crippen LogP contribution is 2.27. The van der Waals surface area contributed by atoms with E-state index < -0.39 is 12.2 Å². The van der Waals surface area contributed by atoms with Crippen molar-refractivity contribution >= 4 is 15.9 Å². The Hall–Kier alpha value is -0.450. The monoisotopic (exact) mass is 304 g/mol. The lowest BCUT2D eigenvalue weighted by Gasteiger charge is -2.21. The van der Waals surface area contributed by atoms with E-state index in [4.69, 9.17) is 0 Å². The topological polar surface area (TPSA) is 40.5 Å². The molecule has 1 rings (SSSR count). The lowest BCUT2D eigenvalue weighted by molar-refractivity contribution is 0.00938. The third-order valence-electron chi connectivity index (χ3n) is 2.95. The fourth-order valence-corrected chi connectivity index (χ4v) is 2.19. The highest BCUT2D eigenvalue weighted by molar-refractivity contribution is 9.10. The molecule has 17 heavy (non-hydrogen) atoms. The molecule has 4 heteroatoms. The Kier molecular flexibility index (Phi) is 5.56. The van der Waals surface area contributed by atoms with Gasteiger partial charge in [-0.2, -0.15) is 0 Å². The summed E-state index contributed by atoms with van der Waals surface area (Å²) in [5.41, 5.74) is 0.557. The molecule has 3 unspecified atom stereocenters. The average molecular weight is 305 g/mol. The zero-order valence-corrected chi connectivity index (χ0v) is 11.6. The summed E-state index contributed by atoms with van der Waals surface area (Å²) in [6.07, 6.45) is -0.710. The molecule has 0 bridgehead atoms. The first-order valence-corrected chi connectivity index (χ1v) is 6.56. The summed E-state index contributed by atoms with van der Waals surface area (Å²) >= 11 is 3.29. The minimum Gasteiger partial charge on any atom is -0.390 e. The molecule has 1 aromatic carbocycles. The van der Waals surface area contributed by atoms with Crippen molar-refractivity contribution in [1.29, 1.82) is 0 Å². The van der Waals surface area contributed by atoms with Crippen LogP contribution in [0.25, 0.3) is 0 Å². The molecule has 1 aromatic rings. The Labute approximate surface area is 110 Å². The molecule has 0 aromatic heterocycles. The summed E-state index contributed by atoms with van der Waals surface area (Å²) in [4.78, 5) is 0. The predicted octanol–water partition coefficient (Wildman–Crippen LogP) is 3.21. The van der Waals surface area contributed by atoms with Crippen LogP contribution >= 0.6 is 15.9 Å². The summed E-state index contributed by atoms with van der Waals surface area (Å²) < 4.78 is 14.4. The number of rotatable bonds is 5. The zero-order chi connectivity index (χ0) is 13.0. The van der Waals surface area contributed by atoms with Gasteiger partial charge in [-0.25, -0.2) is 4.39 Å². The molecule has 0 aliphatic rings. The second-order valence-corrected chi connectivity index (χ2v) is 5.26. The van der Waals surface area contributed by atoms with Crippen LogP contribution in [-0.4, -0.2) is 22.4 Å². The third-order valence-corrected chi connectivity index (χ3v) is 3.44. The van der Waals surface area contributed by atoms with E-state index in [2.05, 4.69) is 15.9 Å². The molecule has 0 saturated heterocycles. The highest BCUT2D eigenvalue weighted by atomic mass is 79.9. The molecule has 0 heterocycles. The highest BCUT2D eigenvalue weighted by Gasteiger charge is 2.20. The second-order valence-electron chi connectivity index (χ2n) is 4.35. The van der Waals surface area contributed by atoms with Crippen molar-refractivity contribution in [2.24, 2.45) is 0 Å². The molecule has 2 N–H and O–H groups in total. The van der Waals surface area contributed by atoms with Crippen LogP contribution in [0, 0.1) is 5.82 Å². The standard InChI is InChI=1S/C13H18BrFO2/c1-3-12(16)13(17)6-8(2)10-7-9(14)4-5-11(10)15/h4-5,7-8,12-13,16-17H,3,6H2,1-2H3. The number of halogens is 2. The van der Waals surface area contributed by atoms with Gasteiger partial charge in [0.2, 0.25) is 0 Å². The van der Waals surface area contributed by atoms with E-state index in [1.807, 2.05) is 6.92 Å². The lowest BCUT2D eigenvalue weighted by Crippen LogP contribution is -2.26. The first kappa shape index (κ1) is 14.6. The minimum atomic E-state index is -0.812. The normalized spacial score (nSPS) is 16.6. The number of hydrogen-bond donors (Lipinski definition) is 2. The van der Waals surface area contributed by atoms with Crippen molar-refractivity contribution in [1.82, 2.24) is 0 Å². The Bertz CT molecular complexity index is 370. The van der Waals surface area contributed by atoms with Gasteiger partial charge in [-0.3, -0.25) is 0 Å². The molecule has 3 atom stereocenters. The number of aliphatic hydroxyl groups excluding tert-OH is 2. The molecule has 0 radical (unpaired) electrons. The van der Waals surface area contributed by atoms with Gasteiger partial charge in [-0.05, 0) is 42.5 Å². The molecule has 0 amide bonds. The summed E-state index contributed by atoms with van der Waals surface area (Å²) in [6, 6.07) is 4.76. The molecule has 0 fully saturated rings. The second kappa shape index (κ2) is 6.47. The SMILES string of the molecule is CCC(O)C(O)CC(C)c1cc(Br)ccc1F. The van der Waals surface area contributed by atoms with E-state index in [1.165, 1.54) is 6.07 Å². The largest absolute Gasteiger partial charge is 0.390 e. The van der Waals surface area contributed by atoms with E-state index in [-0.39, 0.29) is 11.7 Å². The van der Waals surface area contributed by atoms with E-state index in [0.717, 1.165) is 4.47 Å². The van der Waals surface area contributed by atoms with Crippen LogP contribution in [0.2, 0.25) is 0 Å². The summed E-state index contributed by atoms with van der Waals surface area (Å²) in [5.74, 6) is -0.414. The van der Waals surface area contributed by atoms with Crippen LogP contribution < -0.4 is 0 Å². The first-order chi connectivity index (χ1) is 7.95. The molecular formula is C13H18BrFO2. The van der Waals surface area contributed by atoms with Crippen LogP contribution in [0.4, 0.5) is 4.39 Å². The molecule has 0 aliphatic carbocycles. The van der Waals surface area contributed by atoms with Gasteiger partial charge in [-0.1, -0.05) is 29.8 Å². The van der Waals surface area contributed by atoms with Crippen LogP contribution in [0.15, 0.2) is 22.7 Å². The Morgan fingerprint density at radius 1 is 1.29 bits per heavy atom. The summed E-state index contributed by atoms with van der Waals surface area (Å²) in [7, 11) is 0. The van der Waals surface area contributed by atoms with Crippen molar-refractivity contribution in [2.75, 3.05) is 0 Å². The fraction of sp³-hybridized carbons (Fsp3) is 0.538. The van der Waals surface area contributed by atoms with E-state index in [0.29, 0.717) is 18.4 Å². The van der Waals surface area contributed by atoms with E-state index >= 15 is 0 Å². The van der Waals surface area contributed by atoms with Gasteiger partial charge < -0.3 is 10.2 Å². The maximum atomic E-state index is 13.6. The quantitative estimate of drug-likeness (QED) is 0.877. The Morgan fingerprint density at radius 3 is 2.53 bits per heavy atom. The van der Waals surface area contributed by atoms with Gasteiger partial charge >= 0.3 is 0 Å². The van der Waals surface area contributed by atoms with Crippen molar-refractivity contribution in [3.63, 3.8) is 0 Å². The van der Waals surface area contributed by atoms with Crippen LogP contribution in [-0.2, 0) is 0 Å². The van der Waals surface area contributed by atoms with Crippen molar-refractivity contribution < 1.29 is 14.6 Å². The maximum absolute atomic E-state index is 13.6. The van der Waals surface area contributed by atoms with Crippen LogP contribution in [0.5, 0.6) is 0 Å². The number of hydrogen-bond acceptors (Lipinski definition) is 2. The fourth-order valence-electron chi connectivity index (χ4n) is 1.81. The summed E-state index contributed by atoms with van der Waals surface area (Å²) in [6.45, 7) is 3.65. The molecule has 0 aliphatic heterocycles. The number of benzene rings is 1. The van der Waals surface area contributed by atoms with Crippen molar-refractivity contribution in [2.45, 2.75) is 44.8 Å². The van der Waals surface area contributed by atoms with Crippen molar-refractivity contribution in [3.8, 4) is 0 Å². The molecule has 96 valence electrons. The molecule has 0 saturated carbocycles. The van der Waals surface area contributed by atoms with Crippen molar-refractivity contribution in [3.05, 3.63) is 34.1 Å². The molecule has 2 nitrogen and oxygen atoms in total. The lowest BCUT2D eigenvalue weighted by atomic mass is 9.92. The zero-order valence-electron chi connectivity index (χ0n) is 10.0. The van der Waals surface area contributed by atoms with Gasteiger partial charge in [0.1, 0.15) is 5.82 Å². The maximum Gasteiger partial charge on any atom is 0.126 e. The predicted molar refractivity (Wildman–Crippen MR) is 69.4 cm³/mol. The van der Waals surface area contributed by atoms with E-state index in [1.54, 1.807) is 19.1 Å². The molecule has 0 spiro atoms. The smallest absolute Gasteiger partial charge is 0.126 e. The van der Waals surface area contributed by atoms with E-state index in [9.17, 15) is 14.6 Å². The molecular weight excluding hydrogens is 287 g/mol. The summed E-state index contributed by atoms with van der Waals surface area (Å²) in [5, 5.41) is 19.2. The Morgan fingerprint density at radius 2 is 1.94 bits per heavy atom. The average Bonchev–Trinajstić information content (AvgIpc) is 2.30. The number of aliphatic hydroxyl groups is 2. The van der Waals surface area contributed by atoms with Crippen LogP contribution in [0.1, 0.15) is 38.2 Å². The Balaban J connectivity index is 2.75. The van der Waals surface area contributed by atoms with Gasteiger partial charge in [0.25, 0.3) is 0 Å². The van der Waals surface area contributed by atoms with Gasteiger partial charge in [-0.15, -0.1) is 0 Å². The van der Waals surface area contributed by atoms with Crippen LogP contribution in [0.3, 0.4) is 0 Å². The third kappa shape index (κ3) is 4.05. The first-order valence-electron chi connectivity index (χ1n) is 5.76. The van der Waals surface area contributed by atoms with Gasteiger partial charge in [0.05, 0.1) is 12.2 Å². The minimum absolute atomic E-state index is 0.135. The van der Waals surface area contributed by atoms with Gasteiger partial charge in [0, 0.05) is 4.47 Å². The van der Waals surface area contributed by atoms with Gasteiger partial charge in [0.15, 0.2) is 0 Å².